The first-order chi connectivity index (χ1) is 16.4. The summed E-state index contributed by atoms with van der Waals surface area (Å²) in [5.74, 6) is -0.944. The molecule has 2 N–H and O–H groups in total. The quantitative estimate of drug-likeness (QED) is 0.384. The SMILES string of the molecule is Cc1cc(C)cc(N2C(=S)NC(c3ccccn3)C2c2cccn2-c2ccc(C(=O)O)cc2)c1. The zero-order valence-electron chi connectivity index (χ0n) is 18.8. The predicted octanol–water partition coefficient (Wildman–Crippen LogP) is 5.36. The van der Waals surface area contributed by atoms with Crippen LogP contribution in [0.25, 0.3) is 5.69 Å². The number of nitrogens with one attached hydrogen (secondary N) is 1. The molecule has 3 heterocycles. The van der Waals surface area contributed by atoms with E-state index in [1.165, 1.54) is 0 Å². The number of nitrogens with zero attached hydrogens (tertiary/aromatic N) is 3. The van der Waals surface area contributed by atoms with Gasteiger partial charge in [0.15, 0.2) is 5.11 Å². The molecule has 0 radical (unpaired) electrons. The lowest BCUT2D eigenvalue weighted by atomic mass is 10.00. The first-order valence-corrected chi connectivity index (χ1v) is 11.4. The Morgan fingerprint density at radius 1 is 0.971 bits per heavy atom. The summed E-state index contributed by atoms with van der Waals surface area (Å²) in [6.07, 6.45) is 3.78. The first-order valence-electron chi connectivity index (χ1n) is 11.0. The summed E-state index contributed by atoms with van der Waals surface area (Å²) in [5, 5.41) is 13.4. The van der Waals surface area contributed by atoms with Gasteiger partial charge in [0.05, 0.1) is 17.3 Å². The normalized spacial score (nSPS) is 17.6. The Bertz CT molecular complexity index is 1340. The standard InChI is InChI=1S/C27H24N4O2S/c1-17-14-18(2)16-21(15-17)31-25(24(29-27(31)34)22-6-3-4-12-28-22)23-7-5-13-30(23)20-10-8-19(9-11-20)26(32)33/h3-16,24-25H,1-2H3,(H,29,34)(H,32,33). The van der Waals surface area contributed by atoms with Gasteiger partial charge in [-0.15, -0.1) is 0 Å². The molecule has 1 saturated heterocycles. The lowest BCUT2D eigenvalue weighted by molar-refractivity contribution is 0.0697. The Labute approximate surface area is 203 Å². The van der Waals surface area contributed by atoms with Crippen LogP contribution in [0.15, 0.2) is 85.2 Å². The van der Waals surface area contributed by atoms with Crippen LogP contribution in [0.4, 0.5) is 5.69 Å². The summed E-state index contributed by atoms with van der Waals surface area (Å²) in [6.45, 7) is 4.17. The number of anilines is 1. The van der Waals surface area contributed by atoms with E-state index in [1.54, 1.807) is 18.3 Å². The molecule has 4 aromatic rings. The van der Waals surface area contributed by atoms with Crippen molar-refractivity contribution in [3.05, 3.63) is 113 Å². The summed E-state index contributed by atoms with van der Waals surface area (Å²) in [7, 11) is 0. The van der Waals surface area contributed by atoms with Crippen molar-refractivity contribution in [1.29, 1.82) is 0 Å². The Balaban J connectivity index is 1.66. The van der Waals surface area contributed by atoms with E-state index in [-0.39, 0.29) is 17.6 Å². The molecule has 6 nitrogen and oxygen atoms in total. The van der Waals surface area contributed by atoms with Crippen LogP contribution in [0, 0.1) is 13.8 Å². The third kappa shape index (κ3) is 3.95. The van der Waals surface area contributed by atoms with Crippen LogP contribution < -0.4 is 10.2 Å². The minimum absolute atomic E-state index is 0.165. The van der Waals surface area contributed by atoms with Gasteiger partial charge in [-0.3, -0.25) is 4.98 Å². The Hall–Kier alpha value is -3.97. The van der Waals surface area contributed by atoms with Crippen molar-refractivity contribution >= 4 is 29.0 Å². The number of thiocarbonyl (C=S) groups is 1. The summed E-state index contributed by atoms with van der Waals surface area (Å²) in [6, 6.07) is 23.0. The number of carbonyl (C=O) groups is 1. The van der Waals surface area contributed by atoms with E-state index in [4.69, 9.17) is 12.2 Å². The van der Waals surface area contributed by atoms with Crippen molar-refractivity contribution < 1.29 is 9.90 Å². The van der Waals surface area contributed by atoms with Gasteiger partial charge < -0.3 is 19.9 Å². The molecule has 1 fully saturated rings. The predicted molar refractivity (Wildman–Crippen MR) is 137 cm³/mol. The smallest absolute Gasteiger partial charge is 0.335 e. The highest BCUT2D eigenvalue weighted by molar-refractivity contribution is 7.80. The van der Waals surface area contributed by atoms with Crippen LogP contribution >= 0.6 is 12.2 Å². The van der Waals surface area contributed by atoms with E-state index in [2.05, 4.69) is 57.9 Å². The molecule has 0 bridgehead atoms. The number of aryl methyl sites for hydroxylation is 2. The van der Waals surface area contributed by atoms with Crippen molar-refractivity contribution in [2.45, 2.75) is 25.9 Å². The third-order valence-corrected chi connectivity index (χ3v) is 6.37. The van der Waals surface area contributed by atoms with Gasteiger partial charge in [-0.05, 0) is 97.9 Å². The molecule has 1 aliphatic rings. The lowest BCUT2D eigenvalue weighted by Gasteiger charge is -2.29. The lowest BCUT2D eigenvalue weighted by Crippen LogP contribution is -2.30. The van der Waals surface area contributed by atoms with Crippen molar-refractivity contribution in [3.8, 4) is 5.69 Å². The number of aromatic carboxylic acids is 1. The van der Waals surface area contributed by atoms with Crippen LogP contribution in [0.5, 0.6) is 0 Å². The van der Waals surface area contributed by atoms with Gasteiger partial charge in [0.25, 0.3) is 0 Å². The number of hydrogen-bond acceptors (Lipinski definition) is 3. The maximum Gasteiger partial charge on any atom is 0.335 e. The van der Waals surface area contributed by atoms with Crippen LogP contribution in [0.3, 0.4) is 0 Å². The van der Waals surface area contributed by atoms with E-state index in [9.17, 15) is 9.90 Å². The fourth-order valence-electron chi connectivity index (χ4n) is 4.66. The second-order valence-electron chi connectivity index (χ2n) is 8.50. The van der Waals surface area contributed by atoms with Gasteiger partial charge in [-0.1, -0.05) is 12.1 Å². The largest absolute Gasteiger partial charge is 0.478 e. The molecule has 7 heteroatoms. The van der Waals surface area contributed by atoms with Crippen molar-refractivity contribution in [1.82, 2.24) is 14.9 Å². The average Bonchev–Trinajstić information content (AvgIpc) is 3.43. The zero-order valence-corrected chi connectivity index (χ0v) is 19.7. The maximum absolute atomic E-state index is 11.3. The first kappa shape index (κ1) is 21.9. The van der Waals surface area contributed by atoms with Crippen molar-refractivity contribution in [2.24, 2.45) is 0 Å². The number of aromatic nitrogens is 2. The van der Waals surface area contributed by atoms with Crippen molar-refractivity contribution in [2.75, 3.05) is 4.90 Å². The molecule has 2 aromatic carbocycles. The van der Waals surface area contributed by atoms with Crippen LogP contribution in [-0.2, 0) is 0 Å². The van der Waals surface area contributed by atoms with Gasteiger partial charge in [-0.2, -0.15) is 0 Å². The maximum atomic E-state index is 11.3. The molecule has 2 unspecified atom stereocenters. The van der Waals surface area contributed by atoms with Gasteiger partial charge in [-0.25, -0.2) is 4.79 Å². The molecule has 5 rings (SSSR count). The molecule has 0 amide bonds. The van der Waals surface area contributed by atoms with E-state index in [0.29, 0.717) is 5.11 Å². The minimum Gasteiger partial charge on any atom is -0.478 e. The van der Waals surface area contributed by atoms with Crippen LogP contribution in [0.2, 0.25) is 0 Å². The summed E-state index contributed by atoms with van der Waals surface area (Å²) in [4.78, 5) is 18.1. The fourth-order valence-corrected chi connectivity index (χ4v) is 5.00. The molecule has 0 aliphatic carbocycles. The highest BCUT2D eigenvalue weighted by Gasteiger charge is 2.42. The van der Waals surface area contributed by atoms with E-state index < -0.39 is 5.97 Å². The fraction of sp³-hybridized carbons (Fsp3) is 0.148. The number of rotatable bonds is 5. The molecule has 0 spiro atoms. The Morgan fingerprint density at radius 2 is 1.71 bits per heavy atom. The molecule has 2 atom stereocenters. The molecule has 34 heavy (non-hydrogen) atoms. The third-order valence-electron chi connectivity index (χ3n) is 6.06. The average molecular weight is 469 g/mol. The number of benzene rings is 2. The molecule has 0 saturated carbocycles. The Kier molecular flexibility index (Phi) is 5.63. The summed E-state index contributed by atoms with van der Waals surface area (Å²) < 4.78 is 2.08. The molecule has 1 aliphatic heterocycles. The summed E-state index contributed by atoms with van der Waals surface area (Å²) in [5.41, 5.74) is 6.40. The van der Waals surface area contributed by atoms with Gasteiger partial charge in [0.2, 0.25) is 0 Å². The van der Waals surface area contributed by atoms with Crippen LogP contribution in [0.1, 0.15) is 45.0 Å². The topological polar surface area (TPSA) is 70.4 Å². The van der Waals surface area contributed by atoms with Crippen molar-refractivity contribution in [3.63, 3.8) is 0 Å². The highest BCUT2D eigenvalue weighted by atomic mass is 32.1. The molecule has 170 valence electrons. The van der Waals surface area contributed by atoms with E-state index in [1.807, 2.05) is 42.6 Å². The number of pyridine rings is 1. The summed E-state index contributed by atoms with van der Waals surface area (Å²) >= 11 is 5.86. The van der Waals surface area contributed by atoms with Gasteiger partial charge in [0, 0.05) is 29.5 Å². The van der Waals surface area contributed by atoms with Crippen LogP contribution in [-0.4, -0.2) is 25.7 Å². The Morgan fingerprint density at radius 3 is 2.35 bits per heavy atom. The number of carboxylic acid groups (broad SMARTS) is 1. The van der Waals surface area contributed by atoms with Gasteiger partial charge >= 0.3 is 5.97 Å². The van der Waals surface area contributed by atoms with Gasteiger partial charge in [0.1, 0.15) is 6.04 Å². The monoisotopic (exact) mass is 468 g/mol. The molecular formula is C27H24N4O2S. The van der Waals surface area contributed by atoms with E-state index >= 15 is 0 Å². The second kappa shape index (κ2) is 8.76. The highest BCUT2D eigenvalue weighted by Crippen LogP contribution is 2.42. The van der Waals surface area contributed by atoms with E-state index in [0.717, 1.165) is 33.9 Å². The number of carboxylic acids is 1. The molecular weight excluding hydrogens is 444 g/mol. The second-order valence-corrected chi connectivity index (χ2v) is 8.88. The number of hydrogen-bond donors (Lipinski definition) is 2. The molecule has 2 aromatic heterocycles. The minimum atomic E-state index is -0.944. The zero-order chi connectivity index (χ0) is 23.8.